The van der Waals surface area contributed by atoms with Crippen molar-refractivity contribution >= 4 is 30.0 Å². The summed E-state index contributed by atoms with van der Waals surface area (Å²) >= 11 is 0. The molecular weight excluding hydrogens is 407 g/mol. The fraction of sp³-hybridized carbons (Fsp3) is 0.391. The summed E-state index contributed by atoms with van der Waals surface area (Å²) in [5.41, 5.74) is 0.365. The van der Waals surface area contributed by atoms with E-state index in [4.69, 9.17) is 0 Å². The third kappa shape index (κ3) is 5.18. The van der Waals surface area contributed by atoms with Crippen molar-refractivity contribution in [3.63, 3.8) is 0 Å². The molecule has 1 heterocycles. The van der Waals surface area contributed by atoms with Crippen LogP contribution in [0.1, 0.15) is 31.7 Å². The van der Waals surface area contributed by atoms with Crippen LogP contribution in [0.25, 0.3) is 0 Å². The first-order valence-corrected chi connectivity index (χ1v) is 10.0. The Kier molecular flexibility index (Phi) is 8.38. The molecule has 0 aliphatic carbocycles. The van der Waals surface area contributed by atoms with Gasteiger partial charge in [0, 0.05) is 31.7 Å². The number of hydrogen-bond donors (Lipinski definition) is 1. The molecule has 0 bridgehead atoms. The number of carbonyl (C=O) groups excluding carboxylic acids is 1. The van der Waals surface area contributed by atoms with Crippen molar-refractivity contribution in [1.29, 1.82) is 0 Å². The molecule has 1 saturated heterocycles. The fourth-order valence-corrected chi connectivity index (χ4v) is 3.99. The average Bonchev–Trinajstić information content (AvgIpc) is 2.75. The van der Waals surface area contributed by atoms with Crippen molar-refractivity contribution in [3.05, 3.63) is 66.0 Å². The molecule has 1 aliphatic heterocycles. The number of amides is 1. The number of carboxylic acids is 1. The number of carboxylic acid groups (broad SMARTS) is 1. The molecule has 0 atom stereocenters. The Balaban J connectivity index is 0.00000320. The number of rotatable bonds is 7. The van der Waals surface area contributed by atoms with Crippen molar-refractivity contribution in [2.75, 3.05) is 24.5 Å². The third-order valence-electron chi connectivity index (χ3n) is 5.71. The Morgan fingerprint density at radius 1 is 1.07 bits per heavy atom. The maximum Gasteiger partial charge on any atom is 0.330 e. The van der Waals surface area contributed by atoms with E-state index in [1.54, 1.807) is 6.92 Å². The highest BCUT2D eigenvalue weighted by Gasteiger charge is 2.49. The Hall–Kier alpha value is -2.44. The molecule has 162 valence electrons. The number of anilines is 1. The predicted molar refractivity (Wildman–Crippen MR) is 118 cm³/mol. The largest absolute Gasteiger partial charge is 0.479 e. The molecule has 0 aromatic heterocycles. The Morgan fingerprint density at radius 3 is 2.20 bits per heavy atom. The fourth-order valence-electron chi connectivity index (χ4n) is 3.99. The quantitative estimate of drug-likeness (QED) is 0.711. The summed E-state index contributed by atoms with van der Waals surface area (Å²) in [6.07, 6.45) is 1.75. The molecule has 1 N–H and O–H groups in total. The molecule has 0 radical (unpaired) electrons. The average molecular weight is 435 g/mol. The smallest absolute Gasteiger partial charge is 0.330 e. The zero-order valence-electron chi connectivity index (χ0n) is 17.1. The molecule has 1 amide bonds. The molecule has 3 rings (SSSR count). The molecule has 0 spiro atoms. The lowest BCUT2D eigenvalue weighted by atomic mass is 9.84. The molecule has 7 heteroatoms. The van der Waals surface area contributed by atoms with Crippen LogP contribution in [-0.4, -0.2) is 47.1 Å². The molecule has 0 unspecified atom stereocenters. The molecule has 30 heavy (non-hydrogen) atoms. The highest BCUT2D eigenvalue weighted by molar-refractivity contribution is 6.01. The van der Waals surface area contributed by atoms with Gasteiger partial charge in [-0.1, -0.05) is 37.3 Å². The number of piperidine rings is 1. The second-order valence-corrected chi connectivity index (χ2v) is 7.47. The van der Waals surface area contributed by atoms with Gasteiger partial charge in [-0.05, 0) is 49.1 Å². The van der Waals surface area contributed by atoms with Gasteiger partial charge in [0.1, 0.15) is 11.4 Å². The second-order valence-electron chi connectivity index (χ2n) is 7.47. The van der Waals surface area contributed by atoms with Gasteiger partial charge in [-0.25, -0.2) is 9.18 Å². The highest BCUT2D eigenvalue weighted by atomic mass is 35.5. The number of benzene rings is 2. The predicted octanol–water partition coefficient (Wildman–Crippen LogP) is 4.15. The van der Waals surface area contributed by atoms with Crippen molar-refractivity contribution in [1.82, 2.24) is 4.90 Å². The van der Waals surface area contributed by atoms with E-state index in [0.29, 0.717) is 31.6 Å². The monoisotopic (exact) mass is 434 g/mol. The van der Waals surface area contributed by atoms with Crippen molar-refractivity contribution in [3.8, 4) is 0 Å². The van der Waals surface area contributed by atoms with E-state index in [0.717, 1.165) is 13.0 Å². The maximum absolute atomic E-state index is 13.4. The number of aliphatic carboxylic acids is 1. The van der Waals surface area contributed by atoms with Crippen LogP contribution >= 0.6 is 12.4 Å². The number of halogens is 2. The number of hydrogen-bond acceptors (Lipinski definition) is 3. The zero-order chi connectivity index (χ0) is 20.9. The Morgan fingerprint density at radius 2 is 1.67 bits per heavy atom. The standard InChI is InChI=1S/C23H27FN2O3.ClH/c1-2-21(27)26(20-10-8-19(24)9-11-20)23(22(28)29)13-16-25(17-14-23)15-12-18-6-4-3-5-7-18;/h3-11H,2,12-17H2,1H3,(H,28,29);1H. The summed E-state index contributed by atoms with van der Waals surface area (Å²) in [4.78, 5) is 28.8. The van der Waals surface area contributed by atoms with Gasteiger partial charge in [0.25, 0.3) is 0 Å². The lowest BCUT2D eigenvalue weighted by molar-refractivity contribution is -0.147. The van der Waals surface area contributed by atoms with Crippen LogP contribution in [0.15, 0.2) is 54.6 Å². The highest BCUT2D eigenvalue weighted by Crippen LogP contribution is 2.34. The van der Waals surface area contributed by atoms with Crippen molar-refractivity contribution < 1.29 is 19.1 Å². The van der Waals surface area contributed by atoms with E-state index in [-0.39, 0.29) is 24.7 Å². The van der Waals surface area contributed by atoms with Gasteiger partial charge in [0.05, 0.1) is 0 Å². The first-order valence-electron chi connectivity index (χ1n) is 10.0. The summed E-state index contributed by atoms with van der Waals surface area (Å²) in [6.45, 7) is 3.74. The normalized spacial score (nSPS) is 15.8. The van der Waals surface area contributed by atoms with Gasteiger partial charge < -0.3 is 10.0 Å². The second kappa shape index (κ2) is 10.5. The lowest BCUT2D eigenvalue weighted by Crippen LogP contribution is -2.62. The summed E-state index contributed by atoms with van der Waals surface area (Å²) < 4.78 is 13.4. The number of carbonyl (C=O) groups is 2. The van der Waals surface area contributed by atoms with E-state index in [1.807, 2.05) is 18.2 Å². The summed E-state index contributed by atoms with van der Waals surface area (Å²) in [5.74, 6) is -1.69. The molecular formula is C23H28ClFN2O3. The minimum absolute atomic E-state index is 0. The Bertz CT molecular complexity index is 837. The summed E-state index contributed by atoms with van der Waals surface area (Å²) in [7, 11) is 0. The first kappa shape index (κ1) is 23.8. The van der Waals surface area contributed by atoms with Gasteiger partial charge in [0.15, 0.2) is 0 Å². The molecule has 1 aliphatic rings. The number of nitrogens with zero attached hydrogens (tertiary/aromatic N) is 2. The van der Waals surface area contributed by atoms with Crippen molar-refractivity contribution in [2.45, 2.75) is 38.1 Å². The SMILES string of the molecule is CCC(=O)N(c1ccc(F)cc1)C1(C(=O)O)CCN(CCc2ccccc2)CC1.Cl. The zero-order valence-corrected chi connectivity index (χ0v) is 17.9. The van der Waals surface area contributed by atoms with E-state index >= 15 is 0 Å². The van der Waals surface area contributed by atoms with Crippen LogP contribution < -0.4 is 4.90 Å². The minimum atomic E-state index is -1.31. The minimum Gasteiger partial charge on any atom is -0.479 e. The molecule has 0 saturated carbocycles. The molecule has 2 aromatic carbocycles. The van der Waals surface area contributed by atoms with E-state index in [1.165, 1.54) is 34.7 Å². The van der Waals surface area contributed by atoms with Crippen LogP contribution in [0.3, 0.4) is 0 Å². The third-order valence-corrected chi connectivity index (χ3v) is 5.71. The molecule has 1 fully saturated rings. The first-order chi connectivity index (χ1) is 14.0. The van der Waals surface area contributed by atoms with E-state index in [9.17, 15) is 19.1 Å². The molecule has 5 nitrogen and oxygen atoms in total. The van der Waals surface area contributed by atoms with Crippen LogP contribution in [-0.2, 0) is 16.0 Å². The molecule has 2 aromatic rings. The Labute approximate surface area is 182 Å². The van der Waals surface area contributed by atoms with Gasteiger partial charge in [-0.15, -0.1) is 12.4 Å². The van der Waals surface area contributed by atoms with Crippen LogP contribution in [0.2, 0.25) is 0 Å². The van der Waals surface area contributed by atoms with E-state index < -0.39 is 17.3 Å². The topological polar surface area (TPSA) is 60.9 Å². The van der Waals surface area contributed by atoms with E-state index in [2.05, 4.69) is 17.0 Å². The van der Waals surface area contributed by atoms with Gasteiger partial charge in [-0.2, -0.15) is 0 Å². The van der Waals surface area contributed by atoms with Crippen molar-refractivity contribution in [2.24, 2.45) is 0 Å². The van der Waals surface area contributed by atoms with Crippen LogP contribution in [0.4, 0.5) is 10.1 Å². The van der Waals surface area contributed by atoms with Crippen LogP contribution in [0, 0.1) is 5.82 Å². The maximum atomic E-state index is 13.4. The summed E-state index contributed by atoms with van der Waals surface area (Å²) in [5, 5.41) is 10.1. The number of likely N-dealkylation sites (tertiary alicyclic amines) is 1. The summed E-state index contributed by atoms with van der Waals surface area (Å²) in [6, 6.07) is 15.7. The lowest BCUT2D eigenvalue weighted by Gasteiger charge is -2.46. The van der Waals surface area contributed by atoms with Crippen LogP contribution in [0.5, 0.6) is 0 Å². The van der Waals surface area contributed by atoms with Gasteiger partial charge >= 0.3 is 5.97 Å². The van der Waals surface area contributed by atoms with Gasteiger partial charge in [-0.3, -0.25) is 9.69 Å². The van der Waals surface area contributed by atoms with Gasteiger partial charge in [0.2, 0.25) is 5.91 Å².